The molecule has 0 unspecified atom stereocenters. The van der Waals surface area contributed by atoms with Gasteiger partial charge in [-0.05, 0) is 48.4 Å². The van der Waals surface area contributed by atoms with Crippen molar-refractivity contribution in [3.63, 3.8) is 0 Å². The SMILES string of the molecule is Cc1cccc(-c2ccc(C(=O)NCc3ccc(F)cc3C(F)(F)F)c(=O)[nH]2)c1. The van der Waals surface area contributed by atoms with E-state index in [1.54, 1.807) is 12.1 Å². The maximum atomic E-state index is 13.2. The molecule has 1 amide bonds. The molecule has 1 heterocycles. The second kappa shape index (κ2) is 7.90. The highest BCUT2D eigenvalue weighted by Gasteiger charge is 2.33. The van der Waals surface area contributed by atoms with Crippen molar-refractivity contribution in [3.05, 3.63) is 93.0 Å². The molecule has 0 aliphatic carbocycles. The van der Waals surface area contributed by atoms with Crippen molar-refractivity contribution in [2.45, 2.75) is 19.6 Å². The number of carbonyl (C=O) groups is 1. The van der Waals surface area contributed by atoms with Crippen LogP contribution < -0.4 is 10.9 Å². The third-order valence-electron chi connectivity index (χ3n) is 4.30. The molecule has 150 valence electrons. The van der Waals surface area contributed by atoms with Gasteiger partial charge in [0.25, 0.3) is 11.5 Å². The molecule has 0 saturated carbocycles. The Morgan fingerprint density at radius 3 is 2.48 bits per heavy atom. The normalized spacial score (nSPS) is 11.3. The minimum absolute atomic E-state index is 0.239. The second-order valence-corrected chi connectivity index (χ2v) is 6.47. The van der Waals surface area contributed by atoms with Gasteiger partial charge in [-0.25, -0.2) is 4.39 Å². The molecular weight excluding hydrogens is 388 g/mol. The molecule has 0 spiro atoms. The zero-order valence-corrected chi connectivity index (χ0v) is 15.2. The number of benzene rings is 2. The summed E-state index contributed by atoms with van der Waals surface area (Å²) in [6.07, 6.45) is -4.77. The van der Waals surface area contributed by atoms with Gasteiger partial charge in [0.1, 0.15) is 11.4 Å². The molecule has 3 rings (SSSR count). The molecule has 0 atom stereocenters. The van der Waals surface area contributed by atoms with Crippen LogP contribution in [0.2, 0.25) is 0 Å². The molecule has 1 aromatic heterocycles. The van der Waals surface area contributed by atoms with Crippen LogP contribution in [-0.4, -0.2) is 10.9 Å². The number of aromatic amines is 1. The van der Waals surface area contributed by atoms with Crippen molar-refractivity contribution in [1.29, 1.82) is 0 Å². The molecule has 29 heavy (non-hydrogen) atoms. The van der Waals surface area contributed by atoms with Gasteiger partial charge < -0.3 is 10.3 Å². The number of halogens is 4. The Balaban J connectivity index is 1.80. The van der Waals surface area contributed by atoms with Gasteiger partial charge in [0.05, 0.1) is 5.56 Å². The first kappa shape index (κ1) is 20.3. The molecule has 4 nitrogen and oxygen atoms in total. The van der Waals surface area contributed by atoms with Crippen LogP contribution >= 0.6 is 0 Å². The van der Waals surface area contributed by atoms with Crippen LogP contribution in [0.3, 0.4) is 0 Å². The van der Waals surface area contributed by atoms with Crippen LogP contribution in [0.4, 0.5) is 17.6 Å². The Kier molecular flexibility index (Phi) is 5.54. The zero-order chi connectivity index (χ0) is 21.2. The zero-order valence-electron chi connectivity index (χ0n) is 15.2. The Morgan fingerprint density at radius 1 is 1.07 bits per heavy atom. The molecular formula is C21H16F4N2O2. The van der Waals surface area contributed by atoms with Crippen LogP contribution in [0.15, 0.2) is 59.4 Å². The minimum atomic E-state index is -4.77. The number of carbonyl (C=O) groups excluding carboxylic acids is 1. The van der Waals surface area contributed by atoms with Crippen LogP contribution in [0.1, 0.15) is 27.0 Å². The Bertz CT molecular complexity index is 1120. The summed E-state index contributed by atoms with van der Waals surface area (Å²) in [5, 5.41) is 2.27. The Morgan fingerprint density at radius 2 is 1.83 bits per heavy atom. The fraction of sp³-hybridized carbons (Fsp3) is 0.143. The van der Waals surface area contributed by atoms with Crippen LogP contribution in [0, 0.1) is 12.7 Å². The maximum absolute atomic E-state index is 13.2. The summed E-state index contributed by atoms with van der Waals surface area (Å²) in [5.41, 5.74) is -0.136. The van der Waals surface area contributed by atoms with E-state index in [2.05, 4.69) is 10.3 Å². The highest BCUT2D eigenvalue weighted by atomic mass is 19.4. The molecule has 8 heteroatoms. The van der Waals surface area contributed by atoms with Gasteiger partial charge in [-0.15, -0.1) is 0 Å². The summed E-state index contributed by atoms with van der Waals surface area (Å²) < 4.78 is 52.3. The van der Waals surface area contributed by atoms with Crippen molar-refractivity contribution < 1.29 is 22.4 Å². The monoisotopic (exact) mass is 404 g/mol. The average molecular weight is 404 g/mol. The summed E-state index contributed by atoms with van der Waals surface area (Å²) in [6.45, 7) is 1.39. The minimum Gasteiger partial charge on any atom is -0.348 e. The number of pyridine rings is 1. The number of aryl methyl sites for hydroxylation is 1. The summed E-state index contributed by atoms with van der Waals surface area (Å²) >= 11 is 0. The lowest BCUT2D eigenvalue weighted by Crippen LogP contribution is -2.30. The molecule has 3 aromatic rings. The first-order chi connectivity index (χ1) is 13.6. The summed E-state index contributed by atoms with van der Waals surface area (Å²) in [4.78, 5) is 27.2. The molecule has 0 aliphatic heterocycles. The first-order valence-electron chi connectivity index (χ1n) is 8.59. The highest BCUT2D eigenvalue weighted by molar-refractivity contribution is 5.94. The number of aromatic nitrogens is 1. The quantitative estimate of drug-likeness (QED) is 0.632. The van der Waals surface area contributed by atoms with E-state index in [1.807, 2.05) is 25.1 Å². The third-order valence-corrected chi connectivity index (χ3v) is 4.30. The lowest BCUT2D eigenvalue weighted by atomic mass is 10.1. The molecule has 2 N–H and O–H groups in total. The van der Waals surface area contributed by atoms with E-state index >= 15 is 0 Å². The van der Waals surface area contributed by atoms with Crippen LogP contribution in [-0.2, 0) is 12.7 Å². The van der Waals surface area contributed by atoms with Gasteiger partial charge in [0.2, 0.25) is 0 Å². The number of hydrogen-bond donors (Lipinski definition) is 2. The molecule has 2 aromatic carbocycles. The van der Waals surface area contributed by atoms with E-state index in [9.17, 15) is 27.2 Å². The van der Waals surface area contributed by atoms with E-state index in [4.69, 9.17) is 0 Å². The van der Waals surface area contributed by atoms with E-state index in [-0.39, 0.29) is 11.1 Å². The van der Waals surface area contributed by atoms with E-state index in [1.165, 1.54) is 6.07 Å². The fourth-order valence-corrected chi connectivity index (χ4v) is 2.87. The van der Waals surface area contributed by atoms with Crippen LogP contribution in [0.5, 0.6) is 0 Å². The van der Waals surface area contributed by atoms with Crippen molar-refractivity contribution in [1.82, 2.24) is 10.3 Å². The van der Waals surface area contributed by atoms with Gasteiger partial charge in [-0.1, -0.05) is 29.8 Å². The van der Waals surface area contributed by atoms with Gasteiger partial charge >= 0.3 is 6.18 Å². The van der Waals surface area contributed by atoms with E-state index < -0.39 is 35.6 Å². The van der Waals surface area contributed by atoms with Crippen molar-refractivity contribution >= 4 is 5.91 Å². The number of nitrogens with one attached hydrogen (secondary N) is 2. The molecule has 0 saturated heterocycles. The smallest absolute Gasteiger partial charge is 0.348 e. The van der Waals surface area contributed by atoms with Crippen molar-refractivity contribution in [2.24, 2.45) is 0 Å². The number of H-pyrrole nitrogens is 1. The lowest BCUT2D eigenvalue weighted by molar-refractivity contribution is -0.138. The predicted octanol–water partition coefficient (Wildman–Crippen LogP) is 4.44. The number of rotatable bonds is 4. The number of amides is 1. The maximum Gasteiger partial charge on any atom is 0.416 e. The summed E-state index contributed by atoms with van der Waals surface area (Å²) in [7, 11) is 0. The fourth-order valence-electron chi connectivity index (χ4n) is 2.87. The largest absolute Gasteiger partial charge is 0.416 e. The Hall–Kier alpha value is -3.42. The molecule has 0 radical (unpaired) electrons. The predicted molar refractivity (Wildman–Crippen MR) is 99.8 cm³/mol. The van der Waals surface area contributed by atoms with E-state index in [0.717, 1.165) is 23.3 Å². The standard InChI is InChI=1S/C21H16F4N2O2/c1-12-3-2-4-13(9-12)18-8-7-16(20(29)27-18)19(28)26-11-14-5-6-15(22)10-17(14)21(23,24)25/h2-10H,11H2,1H3,(H,26,28)(H,27,29). The van der Waals surface area contributed by atoms with Gasteiger partial charge in [-0.2, -0.15) is 13.2 Å². The number of hydrogen-bond acceptors (Lipinski definition) is 2. The molecule has 0 fully saturated rings. The van der Waals surface area contributed by atoms with Crippen molar-refractivity contribution in [3.8, 4) is 11.3 Å². The number of alkyl halides is 3. The van der Waals surface area contributed by atoms with Crippen molar-refractivity contribution in [2.75, 3.05) is 0 Å². The second-order valence-electron chi connectivity index (χ2n) is 6.47. The lowest BCUT2D eigenvalue weighted by Gasteiger charge is -2.13. The Labute approximate surface area is 163 Å². The third kappa shape index (κ3) is 4.71. The van der Waals surface area contributed by atoms with Crippen LogP contribution in [0.25, 0.3) is 11.3 Å². The first-order valence-corrected chi connectivity index (χ1v) is 8.59. The van der Waals surface area contributed by atoms with Gasteiger partial charge in [-0.3, -0.25) is 9.59 Å². The summed E-state index contributed by atoms with van der Waals surface area (Å²) in [5.74, 6) is -1.87. The molecule has 0 bridgehead atoms. The molecule has 0 aliphatic rings. The van der Waals surface area contributed by atoms with Gasteiger partial charge in [0, 0.05) is 12.2 Å². The average Bonchev–Trinajstić information content (AvgIpc) is 2.66. The van der Waals surface area contributed by atoms with E-state index in [0.29, 0.717) is 11.8 Å². The topological polar surface area (TPSA) is 62.0 Å². The van der Waals surface area contributed by atoms with Gasteiger partial charge in [0.15, 0.2) is 0 Å². The summed E-state index contributed by atoms with van der Waals surface area (Å²) in [6, 6.07) is 12.4. The highest BCUT2D eigenvalue weighted by Crippen LogP contribution is 2.32.